The van der Waals surface area contributed by atoms with Crippen molar-refractivity contribution in [1.29, 1.82) is 0 Å². The van der Waals surface area contributed by atoms with E-state index in [0.717, 1.165) is 5.56 Å². The topological polar surface area (TPSA) is 55.1 Å². The summed E-state index contributed by atoms with van der Waals surface area (Å²) in [6, 6.07) is 13.3. The van der Waals surface area contributed by atoms with E-state index in [-0.39, 0.29) is 24.8 Å². The molecular weight excluding hydrogens is 359 g/mol. The monoisotopic (exact) mass is 372 g/mol. The summed E-state index contributed by atoms with van der Waals surface area (Å²) < 4.78 is 14.4. The highest BCUT2D eigenvalue weighted by molar-refractivity contribution is 9.10. The van der Waals surface area contributed by atoms with Gasteiger partial charge in [0, 0.05) is 16.6 Å². The molecule has 0 fully saturated rings. The average molecular weight is 374 g/mol. The van der Waals surface area contributed by atoms with Gasteiger partial charge in [-0.15, -0.1) is 12.4 Å². The number of primary amides is 1. The molecule has 2 aromatic carbocycles. The molecule has 0 radical (unpaired) electrons. The lowest BCUT2D eigenvalue weighted by atomic mass is 10.1. The SMILES string of the molecule is Cl.NC(=O)C(NCc1ccc(Br)cc1F)c1ccccc1. The maximum Gasteiger partial charge on any atom is 0.239 e. The van der Waals surface area contributed by atoms with E-state index in [1.54, 1.807) is 24.3 Å². The summed E-state index contributed by atoms with van der Waals surface area (Å²) in [6.07, 6.45) is 0. The fraction of sp³-hybridized carbons (Fsp3) is 0.133. The Bertz CT molecular complexity index is 610. The van der Waals surface area contributed by atoms with Crippen molar-refractivity contribution in [1.82, 2.24) is 5.32 Å². The number of nitrogens with one attached hydrogen (secondary N) is 1. The molecule has 112 valence electrons. The maximum atomic E-state index is 13.7. The third-order valence-corrected chi connectivity index (χ3v) is 3.42. The fourth-order valence-corrected chi connectivity index (χ4v) is 2.24. The van der Waals surface area contributed by atoms with Gasteiger partial charge in [0.2, 0.25) is 5.91 Å². The van der Waals surface area contributed by atoms with Gasteiger partial charge in [0.1, 0.15) is 11.9 Å². The minimum absolute atomic E-state index is 0. The lowest BCUT2D eigenvalue weighted by molar-refractivity contribution is -0.120. The van der Waals surface area contributed by atoms with Crippen molar-refractivity contribution in [2.45, 2.75) is 12.6 Å². The van der Waals surface area contributed by atoms with Crippen LogP contribution < -0.4 is 11.1 Å². The third kappa shape index (κ3) is 4.81. The van der Waals surface area contributed by atoms with Crippen LogP contribution in [0.4, 0.5) is 4.39 Å². The highest BCUT2D eigenvalue weighted by atomic mass is 79.9. The second-order valence-electron chi connectivity index (χ2n) is 4.36. The van der Waals surface area contributed by atoms with Gasteiger partial charge in [0.05, 0.1) is 0 Å². The van der Waals surface area contributed by atoms with Gasteiger partial charge in [0.15, 0.2) is 0 Å². The highest BCUT2D eigenvalue weighted by Crippen LogP contribution is 2.17. The summed E-state index contributed by atoms with van der Waals surface area (Å²) >= 11 is 3.20. The van der Waals surface area contributed by atoms with Crippen molar-refractivity contribution in [3.63, 3.8) is 0 Å². The summed E-state index contributed by atoms with van der Waals surface area (Å²) in [7, 11) is 0. The van der Waals surface area contributed by atoms with Crippen LogP contribution in [0.1, 0.15) is 17.2 Å². The molecule has 21 heavy (non-hydrogen) atoms. The van der Waals surface area contributed by atoms with Gasteiger partial charge in [-0.2, -0.15) is 0 Å². The van der Waals surface area contributed by atoms with E-state index in [9.17, 15) is 9.18 Å². The number of amides is 1. The zero-order valence-corrected chi connectivity index (χ0v) is 13.5. The Morgan fingerprint density at radius 1 is 1.24 bits per heavy atom. The van der Waals surface area contributed by atoms with Crippen LogP contribution in [0.25, 0.3) is 0 Å². The van der Waals surface area contributed by atoms with Crippen molar-refractivity contribution in [2.24, 2.45) is 5.73 Å². The Kier molecular flexibility index (Phi) is 6.81. The van der Waals surface area contributed by atoms with Gasteiger partial charge in [-0.3, -0.25) is 10.1 Å². The molecule has 1 amide bonds. The minimum atomic E-state index is -0.640. The lowest BCUT2D eigenvalue weighted by Gasteiger charge is -2.16. The summed E-state index contributed by atoms with van der Waals surface area (Å²) in [5.74, 6) is -0.822. The maximum absolute atomic E-state index is 13.7. The van der Waals surface area contributed by atoms with Gasteiger partial charge >= 0.3 is 0 Å². The number of rotatable bonds is 5. The smallest absolute Gasteiger partial charge is 0.239 e. The van der Waals surface area contributed by atoms with E-state index in [4.69, 9.17) is 5.73 Å². The number of benzene rings is 2. The number of hydrogen-bond donors (Lipinski definition) is 2. The predicted octanol–water partition coefficient (Wildman–Crippen LogP) is 3.33. The zero-order valence-electron chi connectivity index (χ0n) is 11.1. The van der Waals surface area contributed by atoms with Gasteiger partial charge < -0.3 is 5.73 Å². The highest BCUT2D eigenvalue weighted by Gasteiger charge is 2.17. The molecule has 0 spiro atoms. The molecular formula is C15H15BrClFN2O. The van der Waals surface area contributed by atoms with E-state index in [2.05, 4.69) is 21.2 Å². The van der Waals surface area contributed by atoms with Crippen molar-refractivity contribution >= 4 is 34.2 Å². The Balaban J connectivity index is 0.00000220. The summed E-state index contributed by atoms with van der Waals surface area (Å²) in [5, 5.41) is 2.98. The van der Waals surface area contributed by atoms with Crippen LogP contribution in [-0.4, -0.2) is 5.91 Å². The molecule has 0 saturated heterocycles. The van der Waals surface area contributed by atoms with E-state index < -0.39 is 11.9 Å². The van der Waals surface area contributed by atoms with E-state index >= 15 is 0 Å². The van der Waals surface area contributed by atoms with E-state index in [1.807, 2.05) is 18.2 Å². The standard InChI is InChI=1S/C15H14BrFN2O.ClH/c16-12-7-6-11(13(17)8-12)9-19-14(15(18)20)10-4-2-1-3-5-10;/h1-8,14,19H,9H2,(H2,18,20);1H. The van der Waals surface area contributed by atoms with Crippen molar-refractivity contribution < 1.29 is 9.18 Å². The van der Waals surface area contributed by atoms with Crippen LogP contribution in [0.3, 0.4) is 0 Å². The van der Waals surface area contributed by atoms with Crippen molar-refractivity contribution in [3.8, 4) is 0 Å². The van der Waals surface area contributed by atoms with Gasteiger partial charge in [-0.25, -0.2) is 4.39 Å². The van der Waals surface area contributed by atoms with Gasteiger partial charge in [0.25, 0.3) is 0 Å². The number of halogens is 3. The number of carbonyl (C=O) groups is 1. The Hall–Kier alpha value is -1.43. The summed E-state index contributed by atoms with van der Waals surface area (Å²) in [6.45, 7) is 0.224. The summed E-state index contributed by atoms with van der Waals surface area (Å²) in [5.41, 5.74) is 6.64. The van der Waals surface area contributed by atoms with Crippen LogP contribution in [0.5, 0.6) is 0 Å². The first-order chi connectivity index (χ1) is 9.58. The van der Waals surface area contributed by atoms with Crippen LogP contribution >= 0.6 is 28.3 Å². The molecule has 0 aliphatic carbocycles. The number of carbonyl (C=O) groups excluding carboxylic acids is 1. The Morgan fingerprint density at radius 3 is 2.48 bits per heavy atom. The Labute approximate surface area is 137 Å². The molecule has 0 bridgehead atoms. The molecule has 0 aliphatic rings. The van der Waals surface area contributed by atoms with Crippen LogP contribution in [0, 0.1) is 5.82 Å². The van der Waals surface area contributed by atoms with Crippen LogP contribution in [0.2, 0.25) is 0 Å². The first-order valence-electron chi connectivity index (χ1n) is 6.09. The molecule has 6 heteroatoms. The molecule has 0 aromatic heterocycles. The lowest BCUT2D eigenvalue weighted by Crippen LogP contribution is -2.33. The molecule has 2 rings (SSSR count). The molecule has 0 heterocycles. The first-order valence-corrected chi connectivity index (χ1v) is 6.89. The van der Waals surface area contributed by atoms with Crippen molar-refractivity contribution in [2.75, 3.05) is 0 Å². The molecule has 2 aromatic rings. The van der Waals surface area contributed by atoms with Crippen LogP contribution in [0.15, 0.2) is 53.0 Å². The van der Waals surface area contributed by atoms with E-state index in [1.165, 1.54) is 6.07 Å². The molecule has 3 nitrogen and oxygen atoms in total. The average Bonchev–Trinajstić information content (AvgIpc) is 2.42. The van der Waals surface area contributed by atoms with Gasteiger partial charge in [-0.05, 0) is 17.7 Å². The molecule has 1 atom stereocenters. The Morgan fingerprint density at radius 2 is 1.90 bits per heavy atom. The third-order valence-electron chi connectivity index (χ3n) is 2.93. The van der Waals surface area contributed by atoms with Crippen LogP contribution in [-0.2, 0) is 11.3 Å². The first kappa shape index (κ1) is 17.6. The van der Waals surface area contributed by atoms with Gasteiger partial charge in [-0.1, -0.05) is 52.3 Å². The molecule has 0 saturated carbocycles. The predicted molar refractivity (Wildman–Crippen MR) is 86.6 cm³/mol. The number of nitrogens with two attached hydrogens (primary N) is 1. The largest absolute Gasteiger partial charge is 0.368 e. The second-order valence-corrected chi connectivity index (χ2v) is 5.28. The zero-order chi connectivity index (χ0) is 14.5. The second kappa shape index (κ2) is 8.12. The van der Waals surface area contributed by atoms with Crippen molar-refractivity contribution in [3.05, 3.63) is 69.9 Å². The normalized spacial score (nSPS) is 11.5. The van der Waals surface area contributed by atoms with E-state index in [0.29, 0.717) is 10.0 Å². The molecule has 0 aliphatic heterocycles. The quantitative estimate of drug-likeness (QED) is 0.844. The summed E-state index contributed by atoms with van der Waals surface area (Å²) in [4.78, 5) is 11.5. The molecule has 3 N–H and O–H groups in total. The fourth-order valence-electron chi connectivity index (χ4n) is 1.91. The number of hydrogen-bond acceptors (Lipinski definition) is 2. The minimum Gasteiger partial charge on any atom is -0.368 e. The molecule has 1 unspecified atom stereocenters.